The Bertz CT molecular complexity index is 1220. The van der Waals surface area contributed by atoms with Gasteiger partial charge in [-0.05, 0) is 54.7 Å². The van der Waals surface area contributed by atoms with Gasteiger partial charge in [-0.3, -0.25) is 4.79 Å². The molecule has 0 aliphatic carbocycles. The summed E-state index contributed by atoms with van der Waals surface area (Å²) in [5.74, 6) is 0.686. The molecular weight excluding hydrogens is 459 g/mol. The van der Waals surface area contributed by atoms with E-state index in [1.54, 1.807) is 24.4 Å². The maximum Gasteiger partial charge on any atom is 0.421 e. The van der Waals surface area contributed by atoms with E-state index in [1.165, 1.54) is 0 Å². The first-order valence-corrected chi connectivity index (χ1v) is 11.4. The minimum absolute atomic E-state index is 0.0384. The number of rotatable bonds is 6. The Morgan fingerprint density at radius 2 is 2.06 bits per heavy atom. The number of anilines is 5. The van der Waals surface area contributed by atoms with Crippen LogP contribution in [0.2, 0.25) is 0 Å². The summed E-state index contributed by atoms with van der Waals surface area (Å²) >= 11 is 0. The molecule has 2 aliphatic heterocycles. The van der Waals surface area contributed by atoms with Crippen LogP contribution in [-0.4, -0.2) is 40.5 Å². The fraction of sp³-hybridized carbons (Fsp3) is 0.333. The lowest BCUT2D eigenvalue weighted by molar-refractivity contribution is -0.137. The molecule has 2 aliphatic rings. The summed E-state index contributed by atoms with van der Waals surface area (Å²) in [5.41, 5.74) is 1.21. The van der Waals surface area contributed by atoms with Gasteiger partial charge in [0, 0.05) is 43.4 Å². The Morgan fingerprint density at radius 3 is 2.86 bits per heavy atom. The van der Waals surface area contributed by atoms with E-state index in [2.05, 4.69) is 35.8 Å². The van der Waals surface area contributed by atoms with Crippen molar-refractivity contribution in [2.45, 2.75) is 25.4 Å². The molecule has 5 rings (SSSR count). The molecule has 3 N–H and O–H groups in total. The van der Waals surface area contributed by atoms with E-state index >= 15 is 0 Å². The number of amides is 1. The van der Waals surface area contributed by atoms with E-state index in [0.717, 1.165) is 42.7 Å². The number of carbonyl (C=O) groups excluding carboxylic acids is 1. The van der Waals surface area contributed by atoms with Gasteiger partial charge < -0.3 is 20.9 Å². The molecule has 182 valence electrons. The summed E-state index contributed by atoms with van der Waals surface area (Å²) in [4.78, 5) is 26.1. The molecule has 0 spiro atoms. The number of fused-ring (bicyclic) bond motifs is 1. The molecular formula is C24H24F3N7O. The lowest BCUT2D eigenvalue weighted by Gasteiger charge is -2.33. The van der Waals surface area contributed by atoms with E-state index in [1.807, 2.05) is 18.2 Å². The van der Waals surface area contributed by atoms with Crippen LogP contribution in [0.15, 0.2) is 48.8 Å². The number of alkyl halides is 3. The lowest BCUT2D eigenvalue weighted by Crippen LogP contribution is -2.38. The van der Waals surface area contributed by atoms with Crippen LogP contribution in [0.1, 0.15) is 24.0 Å². The zero-order chi connectivity index (χ0) is 24.4. The number of hydrogen-bond donors (Lipinski definition) is 3. The number of nitrogens with zero attached hydrogens (tertiary/aromatic N) is 4. The molecule has 0 radical (unpaired) electrons. The Labute approximate surface area is 200 Å². The van der Waals surface area contributed by atoms with Gasteiger partial charge in [-0.25, -0.2) is 9.97 Å². The maximum absolute atomic E-state index is 13.6. The van der Waals surface area contributed by atoms with Crippen molar-refractivity contribution in [3.8, 4) is 0 Å². The summed E-state index contributed by atoms with van der Waals surface area (Å²) in [7, 11) is 0. The fourth-order valence-electron chi connectivity index (χ4n) is 4.44. The molecule has 1 fully saturated rings. The smallest absolute Gasteiger partial charge is 0.369 e. The monoisotopic (exact) mass is 483 g/mol. The molecule has 1 amide bonds. The standard InChI is InChI=1S/C24H24F3N7O/c25-24(26,27)18-13-30-23(31-17-6-7-19-16(10-17)11-21(35)32-19)33-22(18)29-12-15-4-3-9-34(14-15)20-5-1-2-8-28-20/h1-2,5-8,10,13,15H,3-4,9,11-12,14H2,(H,32,35)(H2,29,30,31,33). The third kappa shape index (κ3) is 5.28. The number of nitrogens with one attached hydrogen (secondary N) is 3. The van der Waals surface area contributed by atoms with Gasteiger partial charge >= 0.3 is 6.18 Å². The highest BCUT2D eigenvalue weighted by Crippen LogP contribution is 2.35. The molecule has 1 unspecified atom stereocenters. The van der Waals surface area contributed by atoms with Crippen LogP contribution in [0.25, 0.3) is 0 Å². The topological polar surface area (TPSA) is 95.1 Å². The van der Waals surface area contributed by atoms with Crippen molar-refractivity contribution in [3.63, 3.8) is 0 Å². The first-order chi connectivity index (χ1) is 16.8. The first kappa shape index (κ1) is 22.9. The van der Waals surface area contributed by atoms with Gasteiger partial charge in [-0.15, -0.1) is 0 Å². The van der Waals surface area contributed by atoms with Crippen LogP contribution in [0, 0.1) is 5.92 Å². The van der Waals surface area contributed by atoms with Crippen molar-refractivity contribution in [1.29, 1.82) is 0 Å². The zero-order valence-electron chi connectivity index (χ0n) is 18.8. The summed E-state index contributed by atoms with van der Waals surface area (Å²) in [6.45, 7) is 1.91. The highest BCUT2D eigenvalue weighted by molar-refractivity contribution is 5.99. The van der Waals surface area contributed by atoms with Crippen LogP contribution < -0.4 is 20.9 Å². The second-order valence-corrected chi connectivity index (χ2v) is 8.70. The van der Waals surface area contributed by atoms with Crippen molar-refractivity contribution < 1.29 is 18.0 Å². The van der Waals surface area contributed by atoms with E-state index in [-0.39, 0.29) is 30.0 Å². The quantitative estimate of drug-likeness (QED) is 0.477. The van der Waals surface area contributed by atoms with Crippen LogP contribution >= 0.6 is 0 Å². The van der Waals surface area contributed by atoms with Gasteiger partial charge in [0.05, 0.1) is 6.42 Å². The average molecular weight is 483 g/mol. The second kappa shape index (κ2) is 9.40. The van der Waals surface area contributed by atoms with Crippen LogP contribution in [0.4, 0.5) is 42.1 Å². The highest BCUT2D eigenvalue weighted by atomic mass is 19.4. The van der Waals surface area contributed by atoms with Gasteiger partial charge in [0.1, 0.15) is 17.2 Å². The van der Waals surface area contributed by atoms with E-state index in [4.69, 9.17) is 0 Å². The molecule has 4 heterocycles. The minimum Gasteiger partial charge on any atom is -0.369 e. The third-order valence-electron chi connectivity index (χ3n) is 6.13. The Balaban J connectivity index is 1.30. The Hall–Kier alpha value is -3.89. The lowest BCUT2D eigenvalue weighted by atomic mass is 9.98. The van der Waals surface area contributed by atoms with Crippen LogP contribution in [0.5, 0.6) is 0 Å². The molecule has 8 nitrogen and oxygen atoms in total. The Kier molecular flexibility index (Phi) is 6.14. The number of benzene rings is 1. The molecule has 0 saturated carbocycles. The maximum atomic E-state index is 13.6. The summed E-state index contributed by atoms with van der Waals surface area (Å²) in [5, 5.41) is 8.61. The van der Waals surface area contributed by atoms with Crippen molar-refractivity contribution in [1.82, 2.24) is 15.0 Å². The molecule has 1 saturated heterocycles. The van der Waals surface area contributed by atoms with Crippen molar-refractivity contribution >= 4 is 34.9 Å². The molecule has 1 atom stereocenters. The van der Waals surface area contributed by atoms with Crippen molar-refractivity contribution in [2.75, 3.05) is 40.5 Å². The van der Waals surface area contributed by atoms with Crippen LogP contribution in [0.3, 0.4) is 0 Å². The Morgan fingerprint density at radius 1 is 1.17 bits per heavy atom. The van der Waals surface area contributed by atoms with E-state index < -0.39 is 11.7 Å². The highest BCUT2D eigenvalue weighted by Gasteiger charge is 2.35. The van der Waals surface area contributed by atoms with Crippen molar-refractivity contribution in [3.05, 3.63) is 59.9 Å². The summed E-state index contributed by atoms with van der Waals surface area (Å²) in [6, 6.07) is 10.9. The number of halogens is 3. The summed E-state index contributed by atoms with van der Waals surface area (Å²) < 4.78 is 40.9. The predicted octanol–water partition coefficient (Wildman–Crippen LogP) is 4.46. The largest absolute Gasteiger partial charge is 0.421 e. The van der Waals surface area contributed by atoms with Gasteiger partial charge in [-0.1, -0.05) is 6.07 Å². The van der Waals surface area contributed by atoms with E-state index in [9.17, 15) is 18.0 Å². The molecule has 1 aromatic carbocycles. The van der Waals surface area contributed by atoms with Gasteiger partial charge in [0.25, 0.3) is 0 Å². The van der Waals surface area contributed by atoms with Gasteiger partial charge in [0.15, 0.2) is 0 Å². The number of pyridine rings is 1. The molecule has 0 bridgehead atoms. The van der Waals surface area contributed by atoms with Crippen LogP contribution in [-0.2, 0) is 17.4 Å². The number of aromatic nitrogens is 3. The number of piperidine rings is 1. The molecule has 35 heavy (non-hydrogen) atoms. The SMILES string of the molecule is O=C1Cc2cc(Nc3ncc(C(F)(F)F)c(NCC4CCCN(c5ccccn5)C4)n3)ccc2N1. The van der Waals surface area contributed by atoms with E-state index in [0.29, 0.717) is 18.8 Å². The normalized spacial score (nSPS) is 17.6. The third-order valence-corrected chi connectivity index (χ3v) is 6.13. The predicted molar refractivity (Wildman–Crippen MR) is 127 cm³/mol. The summed E-state index contributed by atoms with van der Waals surface area (Å²) in [6.07, 6.45) is 0.0152. The number of carbonyl (C=O) groups is 1. The van der Waals surface area contributed by atoms with Crippen molar-refractivity contribution in [2.24, 2.45) is 5.92 Å². The molecule has 2 aromatic heterocycles. The first-order valence-electron chi connectivity index (χ1n) is 11.4. The van der Waals surface area contributed by atoms with Gasteiger partial charge in [0.2, 0.25) is 11.9 Å². The zero-order valence-corrected chi connectivity index (χ0v) is 18.8. The average Bonchev–Trinajstić information content (AvgIpc) is 3.22. The minimum atomic E-state index is -4.59. The molecule has 11 heteroatoms. The molecule has 3 aromatic rings. The number of hydrogen-bond acceptors (Lipinski definition) is 7. The van der Waals surface area contributed by atoms with Gasteiger partial charge in [-0.2, -0.15) is 18.2 Å². The second-order valence-electron chi connectivity index (χ2n) is 8.70. The fourth-order valence-corrected chi connectivity index (χ4v) is 4.44.